The highest BCUT2D eigenvalue weighted by Crippen LogP contribution is 2.35. The van der Waals surface area contributed by atoms with E-state index in [-0.39, 0.29) is 33.3 Å². The molecule has 0 unspecified atom stereocenters. The predicted molar refractivity (Wildman–Crippen MR) is 110 cm³/mol. The molecule has 7 heteroatoms. The van der Waals surface area contributed by atoms with Gasteiger partial charge in [-0.25, -0.2) is 12.8 Å². The number of Topliss-reactive ketones (excluding diaryl/α,β-unsaturated/α-hetero) is 1. The zero-order chi connectivity index (χ0) is 21.9. The summed E-state index contributed by atoms with van der Waals surface area (Å²) in [6.45, 7) is 2.94. The fourth-order valence-corrected chi connectivity index (χ4v) is 4.86. The minimum atomic E-state index is -4.10. The van der Waals surface area contributed by atoms with Crippen molar-refractivity contribution in [1.82, 2.24) is 0 Å². The maximum absolute atomic E-state index is 13.8. The molecule has 0 amide bonds. The minimum Gasteiger partial charge on any atom is -0.493 e. The van der Waals surface area contributed by atoms with E-state index >= 15 is 0 Å². The summed E-state index contributed by atoms with van der Waals surface area (Å²) < 4.78 is 51.4. The van der Waals surface area contributed by atoms with Gasteiger partial charge in [-0.05, 0) is 49.2 Å². The van der Waals surface area contributed by atoms with E-state index in [1.54, 1.807) is 0 Å². The molecule has 0 aliphatic heterocycles. The number of carbonyl (C=O) groups is 1. The van der Waals surface area contributed by atoms with Gasteiger partial charge in [0.2, 0.25) is 9.84 Å². The molecule has 0 heterocycles. The monoisotopic (exact) mass is 428 g/mol. The summed E-state index contributed by atoms with van der Waals surface area (Å²) in [7, 11) is -2.69. The smallest absolute Gasteiger partial charge is 0.207 e. The Morgan fingerprint density at radius 3 is 2.33 bits per heavy atom. The van der Waals surface area contributed by atoms with Gasteiger partial charge in [-0.1, -0.05) is 30.3 Å². The van der Waals surface area contributed by atoms with Crippen LogP contribution in [0.15, 0.2) is 70.5 Å². The number of ketones is 1. The molecule has 3 aromatic rings. The molecule has 0 N–H and O–H groups in total. The third kappa shape index (κ3) is 4.36. The molecule has 3 rings (SSSR count). The molecular formula is C23H21FO5S. The molecule has 5 nitrogen and oxygen atoms in total. The molecule has 0 fully saturated rings. The van der Waals surface area contributed by atoms with E-state index in [0.717, 1.165) is 17.7 Å². The van der Waals surface area contributed by atoms with E-state index in [9.17, 15) is 17.6 Å². The second-order valence-corrected chi connectivity index (χ2v) is 8.63. The highest BCUT2D eigenvalue weighted by atomic mass is 32.2. The number of rotatable bonds is 7. The summed E-state index contributed by atoms with van der Waals surface area (Å²) >= 11 is 0. The predicted octanol–water partition coefficient (Wildman–Crippen LogP) is 4.76. The first-order chi connectivity index (χ1) is 14.2. The number of halogens is 1. The van der Waals surface area contributed by atoms with E-state index in [2.05, 4.69) is 0 Å². The molecule has 0 aliphatic carbocycles. The van der Waals surface area contributed by atoms with E-state index < -0.39 is 21.4 Å². The van der Waals surface area contributed by atoms with Crippen LogP contribution in [0.25, 0.3) is 0 Å². The summed E-state index contributed by atoms with van der Waals surface area (Å²) in [6.07, 6.45) is 0. The van der Waals surface area contributed by atoms with Crippen LogP contribution in [0.4, 0.5) is 4.39 Å². The number of methoxy groups -OCH3 is 1. The second kappa shape index (κ2) is 8.67. The first-order valence-corrected chi connectivity index (χ1v) is 10.6. The Hall–Kier alpha value is -3.19. The van der Waals surface area contributed by atoms with Gasteiger partial charge in [-0.3, -0.25) is 4.79 Å². The van der Waals surface area contributed by atoms with Crippen molar-refractivity contribution in [2.45, 2.75) is 30.2 Å². The Balaban J connectivity index is 2.01. The average Bonchev–Trinajstić information content (AvgIpc) is 2.71. The third-order valence-corrected chi connectivity index (χ3v) is 6.52. The van der Waals surface area contributed by atoms with Crippen LogP contribution in [0, 0.1) is 12.7 Å². The SMILES string of the molecule is COc1cc(S(=O)(=O)c2c(C)cc(F)cc2C(C)=O)ccc1OCc1ccccc1. The molecule has 0 aliphatic rings. The first kappa shape index (κ1) is 21.5. The van der Waals surface area contributed by atoms with Crippen LogP contribution in [0.2, 0.25) is 0 Å². The van der Waals surface area contributed by atoms with Crippen LogP contribution in [-0.2, 0) is 16.4 Å². The van der Waals surface area contributed by atoms with Crippen LogP contribution < -0.4 is 9.47 Å². The number of hydrogen-bond acceptors (Lipinski definition) is 5. The summed E-state index contributed by atoms with van der Waals surface area (Å²) in [5, 5.41) is 0. The Labute approximate surface area is 175 Å². The molecule has 156 valence electrons. The van der Waals surface area contributed by atoms with E-state index in [1.807, 2.05) is 30.3 Å². The zero-order valence-electron chi connectivity index (χ0n) is 16.8. The van der Waals surface area contributed by atoms with Crippen molar-refractivity contribution in [3.05, 3.63) is 83.2 Å². The number of benzene rings is 3. The van der Waals surface area contributed by atoms with Gasteiger partial charge in [0.25, 0.3) is 0 Å². The number of aryl methyl sites for hydroxylation is 1. The van der Waals surface area contributed by atoms with Gasteiger partial charge < -0.3 is 9.47 Å². The molecule has 0 spiro atoms. The molecule has 3 aromatic carbocycles. The van der Waals surface area contributed by atoms with Crippen LogP contribution in [0.1, 0.15) is 28.4 Å². The van der Waals surface area contributed by atoms with Crippen LogP contribution in [0.5, 0.6) is 11.5 Å². The normalized spacial score (nSPS) is 11.2. The Kier molecular flexibility index (Phi) is 6.22. The number of hydrogen-bond donors (Lipinski definition) is 0. The van der Waals surface area contributed by atoms with Gasteiger partial charge in [0.15, 0.2) is 17.3 Å². The number of carbonyl (C=O) groups excluding carboxylic acids is 1. The highest BCUT2D eigenvalue weighted by Gasteiger charge is 2.27. The third-order valence-electron chi connectivity index (χ3n) is 4.57. The van der Waals surface area contributed by atoms with Crippen LogP contribution >= 0.6 is 0 Å². The molecular weight excluding hydrogens is 407 g/mol. The second-order valence-electron chi connectivity index (χ2n) is 6.75. The summed E-state index contributed by atoms with van der Waals surface area (Å²) in [5.41, 5.74) is 0.920. The van der Waals surface area contributed by atoms with Crippen LogP contribution in [0.3, 0.4) is 0 Å². The lowest BCUT2D eigenvalue weighted by atomic mass is 10.1. The average molecular weight is 428 g/mol. The zero-order valence-corrected chi connectivity index (χ0v) is 17.6. The van der Waals surface area contributed by atoms with Gasteiger partial charge in [0.1, 0.15) is 12.4 Å². The van der Waals surface area contributed by atoms with Crippen molar-refractivity contribution in [2.24, 2.45) is 0 Å². The van der Waals surface area contributed by atoms with Crippen LogP contribution in [-0.4, -0.2) is 21.3 Å². The molecule has 0 bridgehead atoms. The lowest BCUT2D eigenvalue weighted by Gasteiger charge is -2.15. The quantitative estimate of drug-likeness (QED) is 0.401. The first-order valence-electron chi connectivity index (χ1n) is 9.15. The van der Waals surface area contributed by atoms with Gasteiger partial charge in [0, 0.05) is 11.6 Å². The van der Waals surface area contributed by atoms with Gasteiger partial charge in [-0.2, -0.15) is 0 Å². The van der Waals surface area contributed by atoms with Crippen molar-refractivity contribution >= 4 is 15.6 Å². The van der Waals surface area contributed by atoms with E-state index in [1.165, 1.54) is 39.2 Å². The summed E-state index contributed by atoms with van der Waals surface area (Å²) in [5.74, 6) is -0.594. The topological polar surface area (TPSA) is 69.7 Å². The van der Waals surface area contributed by atoms with E-state index in [0.29, 0.717) is 5.75 Å². The van der Waals surface area contributed by atoms with Crippen molar-refractivity contribution in [3.63, 3.8) is 0 Å². The number of sulfone groups is 1. The molecule has 0 saturated heterocycles. The minimum absolute atomic E-state index is 0.0800. The van der Waals surface area contributed by atoms with E-state index in [4.69, 9.17) is 9.47 Å². The van der Waals surface area contributed by atoms with Crippen molar-refractivity contribution in [3.8, 4) is 11.5 Å². The van der Waals surface area contributed by atoms with Gasteiger partial charge in [0.05, 0.1) is 16.9 Å². The summed E-state index contributed by atoms with van der Waals surface area (Å²) in [4.78, 5) is 11.7. The Morgan fingerprint density at radius 1 is 1.00 bits per heavy atom. The lowest BCUT2D eigenvalue weighted by Crippen LogP contribution is -2.11. The standard InChI is InChI=1S/C23H21FO5S/c1-15-11-18(24)12-20(16(2)25)23(15)30(26,27)19-9-10-21(22(13-19)28-3)29-14-17-7-5-4-6-8-17/h4-13H,14H2,1-3H3. The van der Waals surface area contributed by atoms with Crippen molar-refractivity contribution in [1.29, 1.82) is 0 Å². The maximum Gasteiger partial charge on any atom is 0.207 e. The fraction of sp³-hybridized carbons (Fsp3) is 0.174. The Bertz CT molecular complexity index is 1190. The molecule has 0 saturated carbocycles. The molecule has 30 heavy (non-hydrogen) atoms. The number of ether oxygens (including phenoxy) is 2. The highest BCUT2D eigenvalue weighted by molar-refractivity contribution is 7.91. The summed E-state index contributed by atoms with van der Waals surface area (Å²) in [6, 6.07) is 15.7. The molecule has 0 radical (unpaired) electrons. The largest absolute Gasteiger partial charge is 0.493 e. The molecule has 0 atom stereocenters. The van der Waals surface area contributed by atoms with Crippen molar-refractivity contribution in [2.75, 3.05) is 7.11 Å². The molecule has 0 aromatic heterocycles. The van der Waals surface area contributed by atoms with Gasteiger partial charge in [-0.15, -0.1) is 0 Å². The lowest BCUT2D eigenvalue weighted by molar-refractivity contribution is 0.101. The maximum atomic E-state index is 13.8. The van der Waals surface area contributed by atoms with Gasteiger partial charge >= 0.3 is 0 Å². The Morgan fingerprint density at radius 2 is 1.70 bits per heavy atom. The fourth-order valence-electron chi connectivity index (χ4n) is 3.14. The van der Waals surface area contributed by atoms with Crippen molar-refractivity contribution < 1.29 is 27.1 Å².